The van der Waals surface area contributed by atoms with Crippen LogP contribution in [0.1, 0.15) is 45.1 Å². The first-order valence-electron chi connectivity index (χ1n) is 9.77. The molecule has 3 nitrogen and oxygen atoms in total. The van der Waals surface area contributed by atoms with Crippen LogP contribution in [-0.2, 0) is 9.53 Å². The molecule has 0 radical (unpaired) electrons. The number of aliphatic imine (C=N–C) groups is 1. The first-order chi connectivity index (χ1) is 13.0. The standard InChI is InChI=1S/C23H28FNO2/c1-5-20(21-13-19(24)7-8-22(21)25-4)18-11-16-9-15(10-17(16)12-18)14(3)23(26)27-6-2/h5,7-8,13,15-18H,3-4,6,9-12H2,1-2H3/b20-5-/t15?,16-,17+,18?. The van der Waals surface area contributed by atoms with Crippen LogP contribution in [0.2, 0.25) is 0 Å². The highest BCUT2D eigenvalue weighted by Gasteiger charge is 2.44. The number of esters is 1. The Morgan fingerprint density at radius 1 is 1.26 bits per heavy atom. The molecule has 0 N–H and O–H groups in total. The molecule has 0 spiro atoms. The van der Waals surface area contributed by atoms with Gasteiger partial charge >= 0.3 is 5.97 Å². The summed E-state index contributed by atoms with van der Waals surface area (Å²) in [6, 6.07) is 4.69. The maximum atomic E-state index is 13.8. The fourth-order valence-electron chi connectivity index (χ4n) is 5.03. The van der Waals surface area contributed by atoms with Crippen LogP contribution in [0.4, 0.5) is 10.1 Å². The summed E-state index contributed by atoms with van der Waals surface area (Å²) < 4.78 is 18.9. The van der Waals surface area contributed by atoms with E-state index < -0.39 is 0 Å². The number of hydrogen-bond acceptors (Lipinski definition) is 3. The Morgan fingerprint density at radius 3 is 2.44 bits per heavy atom. The smallest absolute Gasteiger partial charge is 0.333 e. The van der Waals surface area contributed by atoms with Gasteiger partial charge in [-0.2, -0.15) is 0 Å². The zero-order valence-electron chi connectivity index (χ0n) is 16.2. The van der Waals surface area contributed by atoms with Crippen molar-refractivity contribution in [1.29, 1.82) is 0 Å². The molecule has 4 atom stereocenters. The summed E-state index contributed by atoms with van der Waals surface area (Å²) in [6.07, 6.45) is 6.19. The average Bonchev–Trinajstić information content (AvgIpc) is 3.21. The van der Waals surface area contributed by atoms with Gasteiger partial charge in [0.15, 0.2) is 0 Å². The van der Waals surface area contributed by atoms with Gasteiger partial charge in [-0.25, -0.2) is 9.18 Å². The number of halogens is 1. The fourth-order valence-corrected chi connectivity index (χ4v) is 5.03. The Balaban J connectivity index is 1.71. The highest BCUT2D eigenvalue weighted by atomic mass is 19.1. The first kappa shape index (κ1) is 19.5. The van der Waals surface area contributed by atoms with E-state index in [-0.39, 0.29) is 17.7 Å². The third kappa shape index (κ3) is 3.90. The molecule has 144 valence electrons. The molecule has 0 aromatic heterocycles. The molecule has 4 heteroatoms. The topological polar surface area (TPSA) is 38.7 Å². The van der Waals surface area contributed by atoms with E-state index in [2.05, 4.69) is 24.4 Å². The van der Waals surface area contributed by atoms with Gasteiger partial charge < -0.3 is 4.74 Å². The van der Waals surface area contributed by atoms with Gasteiger partial charge in [0, 0.05) is 11.1 Å². The van der Waals surface area contributed by atoms with E-state index in [1.807, 2.05) is 13.8 Å². The third-order valence-corrected chi connectivity index (χ3v) is 6.24. The second kappa shape index (κ2) is 8.20. The number of allylic oxidation sites excluding steroid dienone is 2. The summed E-state index contributed by atoms with van der Waals surface area (Å²) in [5, 5.41) is 0. The summed E-state index contributed by atoms with van der Waals surface area (Å²) in [7, 11) is 0. The second-order valence-corrected chi connectivity index (χ2v) is 7.67. The molecule has 0 aliphatic heterocycles. The normalized spacial score (nSPS) is 27.3. The maximum absolute atomic E-state index is 13.8. The van der Waals surface area contributed by atoms with Crippen LogP contribution in [0, 0.1) is 29.5 Å². The zero-order valence-corrected chi connectivity index (χ0v) is 16.2. The van der Waals surface area contributed by atoms with Gasteiger partial charge in [-0.3, -0.25) is 4.99 Å². The van der Waals surface area contributed by atoms with Crippen LogP contribution in [0.3, 0.4) is 0 Å². The summed E-state index contributed by atoms with van der Waals surface area (Å²) in [4.78, 5) is 16.0. The van der Waals surface area contributed by atoms with Crippen molar-refractivity contribution in [3.8, 4) is 0 Å². The minimum Gasteiger partial charge on any atom is -0.463 e. The average molecular weight is 369 g/mol. The summed E-state index contributed by atoms with van der Waals surface area (Å²) >= 11 is 0. The van der Waals surface area contributed by atoms with E-state index in [1.54, 1.807) is 12.1 Å². The molecular weight excluding hydrogens is 341 g/mol. The van der Waals surface area contributed by atoms with E-state index in [9.17, 15) is 9.18 Å². The van der Waals surface area contributed by atoms with E-state index in [0.29, 0.717) is 29.9 Å². The molecule has 1 aromatic carbocycles. The summed E-state index contributed by atoms with van der Waals surface area (Å²) in [5.41, 5.74) is 3.37. The predicted octanol–water partition coefficient (Wildman–Crippen LogP) is 5.73. The van der Waals surface area contributed by atoms with Crippen molar-refractivity contribution >= 4 is 23.9 Å². The number of rotatable bonds is 6. The van der Waals surface area contributed by atoms with Gasteiger partial charge in [0.1, 0.15) is 5.82 Å². The van der Waals surface area contributed by atoms with Crippen molar-refractivity contribution in [2.24, 2.45) is 28.7 Å². The van der Waals surface area contributed by atoms with Crippen molar-refractivity contribution in [3.63, 3.8) is 0 Å². The number of benzene rings is 1. The number of ether oxygens (including phenoxy) is 1. The van der Waals surface area contributed by atoms with Crippen molar-refractivity contribution in [2.45, 2.75) is 39.5 Å². The van der Waals surface area contributed by atoms with Gasteiger partial charge in [-0.1, -0.05) is 12.7 Å². The van der Waals surface area contributed by atoms with E-state index >= 15 is 0 Å². The highest BCUT2D eigenvalue weighted by molar-refractivity contribution is 5.88. The van der Waals surface area contributed by atoms with E-state index in [4.69, 9.17) is 4.74 Å². The van der Waals surface area contributed by atoms with Crippen LogP contribution < -0.4 is 0 Å². The number of fused-ring (bicyclic) bond motifs is 1. The Morgan fingerprint density at radius 2 is 1.89 bits per heavy atom. The van der Waals surface area contributed by atoms with Gasteiger partial charge in [0.25, 0.3) is 0 Å². The van der Waals surface area contributed by atoms with Crippen molar-refractivity contribution in [1.82, 2.24) is 0 Å². The molecule has 3 rings (SSSR count). The van der Waals surface area contributed by atoms with E-state index in [0.717, 1.165) is 42.5 Å². The Bertz CT molecular complexity index is 769. The number of carbonyl (C=O) groups excluding carboxylic acids is 1. The minimum absolute atomic E-state index is 0.230. The van der Waals surface area contributed by atoms with Crippen LogP contribution in [0.15, 0.2) is 41.4 Å². The molecule has 1 aromatic rings. The van der Waals surface area contributed by atoms with Crippen molar-refractivity contribution in [2.75, 3.05) is 6.61 Å². The molecule has 0 bridgehead atoms. The summed E-state index contributed by atoms with van der Waals surface area (Å²) in [6.45, 7) is 11.8. The number of hydrogen-bond donors (Lipinski definition) is 0. The van der Waals surface area contributed by atoms with Gasteiger partial charge in [0.2, 0.25) is 0 Å². The molecule has 2 fully saturated rings. The molecular formula is C23H28FNO2. The lowest BCUT2D eigenvalue weighted by molar-refractivity contribution is -0.139. The van der Waals surface area contributed by atoms with Gasteiger partial charge in [0.05, 0.1) is 12.3 Å². The molecule has 27 heavy (non-hydrogen) atoms. The van der Waals surface area contributed by atoms with Crippen LogP contribution in [0.25, 0.3) is 5.57 Å². The first-order valence-corrected chi connectivity index (χ1v) is 9.77. The SMILES string of the molecule is C=Nc1ccc(F)cc1/C(=C\C)C1C[C@H]2CC(C(=C)C(=O)OCC)C[C@H]2C1. The molecule has 2 aliphatic carbocycles. The van der Waals surface area contributed by atoms with Crippen LogP contribution >= 0.6 is 0 Å². The monoisotopic (exact) mass is 369 g/mol. The number of carbonyl (C=O) groups is 1. The van der Waals surface area contributed by atoms with Gasteiger partial charge in [-0.15, -0.1) is 0 Å². The lowest BCUT2D eigenvalue weighted by atomic mass is 9.86. The second-order valence-electron chi connectivity index (χ2n) is 7.67. The quantitative estimate of drug-likeness (QED) is 0.365. The summed E-state index contributed by atoms with van der Waals surface area (Å²) in [5.74, 6) is 1.28. The van der Waals surface area contributed by atoms with E-state index in [1.165, 1.54) is 6.07 Å². The maximum Gasteiger partial charge on any atom is 0.333 e. The lowest BCUT2D eigenvalue weighted by Gasteiger charge is -2.20. The molecule has 2 aliphatic rings. The lowest BCUT2D eigenvalue weighted by Crippen LogP contribution is -2.14. The Labute approximate surface area is 161 Å². The third-order valence-electron chi connectivity index (χ3n) is 6.24. The van der Waals surface area contributed by atoms with Crippen LogP contribution in [-0.4, -0.2) is 19.3 Å². The highest BCUT2D eigenvalue weighted by Crippen LogP contribution is 2.54. The molecule has 2 saturated carbocycles. The minimum atomic E-state index is -0.255. The number of nitrogens with zero attached hydrogens (tertiary/aromatic N) is 1. The Kier molecular flexibility index (Phi) is 5.93. The molecule has 0 saturated heterocycles. The van der Waals surface area contributed by atoms with Crippen LogP contribution in [0.5, 0.6) is 0 Å². The molecule has 0 amide bonds. The molecule has 0 heterocycles. The van der Waals surface area contributed by atoms with Crippen molar-refractivity contribution < 1.29 is 13.9 Å². The predicted molar refractivity (Wildman–Crippen MR) is 107 cm³/mol. The van der Waals surface area contributed by atoms with Gasteiger partial charge in [-0.05, 0) is 93.7 Å². The molecule has 2 unspecified atom stereocenters. The largest absolute Gasteiger partial charge is 0.463 e. The zero-order chi connectivity index (χ0) is 19.6. The fraction of sp³-hybridized carbons (Fsp3) is 0.478. The Hall–Kier alpha value is -2.23. The van der Waals surface area contributed by atoms with Crippen molar-refractivity contribution in [3.05, 3.63) is 47.8 Å².